The van der Waals surface area contributed by atoms with Gasteiger partial charge < -0.3 is 10.6 Å². The van der Waals surface area contributed by atoms with Crippen molar-refractivity contribution in [3.63, 3.8) is 0 Å². The molecule has 0 unspecified atom stereocenters. The first-order valence-electron chi connectivity index (χ1n) is 5.31. The topological polar surface area (TPSA) is 46.3 Å². The van der Waals surface area contributed by atoms with Gasteiger partial charge in [0.05, 0.1) is 6.42 Å². The van der Waals surface area contributed by atoms with Crippen LogP contribution in [0.1, 0.15) is 17.7 Å². The zero-order valence-electron chi connectivity index (χ0n) is 9.09. The molecule has 16 heavy (non-hydrogen) atoms. The molecule has 1 aliphatic rings. The maximum Gasteiger partial charge on any atom is 0.227 e. The Morgan fingerprint density at radius 3 is 3.06 bits per heavy atom. The molecule has 0 aromatic carbocycles. The lowest BCUT2D eigenvalue weighted by atomic mass is 10.1. The molecular weight excluding hydrogens is 244 g/mol. The van der Waals surface area contributed by atoms with E-state index in [9.17, 15) is 4.79 Å². The minimum absolute atomic E-state index is 0. The summed E-state index contributed by atoms with van der Waals surface area (Å²) in [4.78, 5) is 14.9. The molecule has 1 saturated heterocycles. The van der Waals surface area contributed by atoms with Crippen molar-refractivity contribution in [1.29, 1.82) is 0 Å². The molecule has 1 amide bonds. The molecule has 0 saturated carbocycles. The van der Waals surface area contributed by atoms with Gasteiger partial charge in [0.25, 0.3) is 0 Å². The summed E-state index contributed by atoms with van der Waals surface area (Å²) in [5.74, 6) is 0.215. The number of amides is 1. The lowest BCUT2D eigenvalue weighted by molar-refractivity contribution is -0.131. The zero-order chi connectivity index (χ0) is 10.7. The van der Waals surface area contributed by atoms with Gasteiger partial charge in [-0.2, -0.15) is 0 Å². The summed E-state index contributed by atoms with van der Waals surface area (Å²) >= 11 is 1.64. The van der Waals surface area contributed by atoms with Gasteiger partial charge in [0.2, 0.25) is 5.91 Å². The molecule has 1 atom stereocenters. The second kappa shape index (κ2) is 6.23. The van der Waals surface area contributed by atoms with Gasteiger partial charge >= 0.3 is 0 Å². The summed E-state index contributed by atoms with van der Waals surface area (Å²) < 4.78 is 0. The normalized spacial score (nSPS) is 20.3. The Hall–Kier alpha value is -0.580. The van der Waals surface area contributed by atoms with E-state index in [1.807, 2.05) is 22.4 Å². The highest BCUT2D eigenvalue weighted by atomic mass is 35.5. The van der Waals surface area contributed by atoms with Crippen LogP contribution in [0.5, 0.6) is 0 Å². The number of hydrogen-bond acceptors (Lipinski definition) is 3. The lowest BCUT2D eigenvalue weighted by Crippen LogP contribution is -2.46. The second-order valence-corrected chi connectivity index (χ2v) is 5.03. The highest BCUT2D eigenvalue weighted by Gasteiger charge is 2.21. The van der Waals surface area contributed by atoms with E-state index in [-0.39, 0.29) is 24.4 Å². The molecule has 0 radical (unpaired) electrons. The smallest absolute Gasteiger partial charge is 0.227 e. The minimum atomic E-state index is 0. The van der Waals surface area contributed by atoms with Crippen LogP contribution >= 0.6 is 23.7 Å². The fraction of sp³-hybridized carbons (Fsp3) is 0.545. The average molecular weight is 261 g/mol. The van der Waals surface area contributed by atoms with Crippen LogP contribution in [0.25, 0.3) is 0 Å². The first-order valence-corrected chi connectivity index (χ1v) is 6.19. The molecule has 1 aromatic rings. The number of piperidine rings is 1. The summed E-state index contributed by atoms with van der Waals surface area (Å²) in [6.45, 7) is 1.60. The Morgan fingerprint density at radius 1 is 1.62 bits per heavy atom. The van der Waals surface area contributed by atoms with Crippen molar-refractivity contribution in [3.05, 3.63) is 22.4 Å². The molecule has 2 rings (SSSR count). The van der Waals surface area contributed by atoms with E-state index in [4.69, 9.17) is 5.73 Å². The van der Waals surface area contributed by atoms with Crippen LogP contribution < -0.4 is 5.73 Å². The van der Waals surface area contributed by atoms with Gasteiger partial charge in [-0.3, -0.25) is 4.79 Å². The predicted molar refractivity (Wildman–Crippen MR) is 69.1 cm³/mol. The van der Waals surface area contributed by atoms with Crippen LogP contribution in [0.2, 0.25) is 0 Å². The number of likely N-dealkylation sites (tertiary alicyclic amines) is 1. The van der Waals surface area contributed by atoms with Gasteiger partial charge in [0.1, 0.15) is 0 Å². The third-order valence-corrected chi connectivity index (χ3v) is 3.59. The van der Waals surface area contributed by atoms with Crippen LogP contribution in [0.3, 0.4) is 0 Å². The number of thiophene rings is 1. The number of carbonyl (C=O) groups is 1. The highest BCUT2D eigenvalue weighted by Crippen LogP contribution is 2.13. The number of rotatable bonds is 2. The van der Waals surface area contributed by atoms with E-state index >= 15 is 0 Å². The summed E-state index contributed by atoms with van der Waals surface area (Å²) in [6, 6.07) is 4.16. The van der Waals surface area contributed by atoms with Crippen LogP contribution in [-0.4, -0.2) is 29.9 Å². The fourth-order valence-corrected chi connectivity index (χ4v) is 2.61. The Balaban J connectivity index is 0.00000128. The van der Waals surface area contributed by atoms with Gasteiger partial charge in [-0.05, 0) is 24.3 Å². The molecule has 1 fully saturated rings. The Labute approximate surface area is 106 Å². The fourth-order valence-electron chi connectivity index (χ4n) is 1.91. The van der Waals surface area contributed by atoms with Crippen molar-refractivity contribution in [2.24, 2.45) is 5.73 Å². The van der Waals surface area contributed by atoms with Gasteiger partial charge in [-0.15, -0.1) is 23.7 Å². The second-order valence-electron chi connectivity index (χ2n) is 4.00. The lowest BCUT2D eigenvalue weighted by Gasteiger charge is -2.30. The molecule has 5 heteroatoms. The van der Waals surface area contributed by atoms with Gasteiger partial charge in [0.15, 0.2) is 0 Å². The van der Waals surface area contributed by atoms with Crippen molar-refractivity contribution in [2.75, 3.05) is 13.1 Å². The van der Waals surface area contributed by atoms with E-state index in [1.54, 1.807) is 11.3 Å². The summed E-state index contributed by atoms with van der Waals surface area (Å²) in [5, 5.41) is 2.00. The van der Waals surface area contributed by atoms with E-state index < -0.39 is 0 Å². The van der Waals surface area contributed by atoms with E-state index in [1.165, 1.54) is 0 Å². The number of hydrogen-bond donors (Lipinski definition) is 1. The first kappa shape index (κ1) is 13.5. The molecule has 0 spiro atoms. The van der Waals surface area contributed by atoms with Crippen molar-refractivity contribution in [1.82, 2.24) is 4.90 Å². The molecule has 1 aliphatic heterocycles. The molecular formula is C11H17ClN2OS. The summed E-state index contributed by atoms with van der Waals surface area (Å²) in [5.41, 5.74) is 5.85. The zero-order valence-corrected chi connectivity index (χ0v) is 10.7. The van der Waals surface area contributed by atoms with Crippen LogP contribution in [0.15, 0.2) is 17.5 Å². The molecule has 0 bridgehead atoms. The Bertz CT molecular complexity index is 329. The molecule has 90 valence electrons. The average Bonchev–Trinajstić information content (AvgIpc) is 2.70. The molecule has 1 aromatic heterocycles. The SMILES string of the molecule is Cl.N[C@@H]1CCCN(C(=O)Cc2cccs2)C1. The highest BCUT2D eigenvalue weighted by molar-refractivity contribution is 7.10. The summed E-state index contributed by atoms with van der Waals surface area (Å²) in [7, 11) is 0. The van der Waals surface area contributed by atoms with Crippen molar-refractivity contribution in [3.8, 4) is 0 Å². The standard InChI is InChI=1S/C11H16N2OS.ClH/c12-9-3-1-5-13(8-9)11(14)7-10-4-2-6-15-10;/h2,4,6,9H,1,3,5,7-8,12H2;1H/t9-;/m1./s1. The number of halogens is 1. The Morgan fingerprint density at radius 2 is 2.44 bits per heavy atom. The van der Waals surface area contributed by atoms with Crippen LogP contribution in [0, 0.1) is 0 Å². The minimum Gasteiger partial charge on any atom is -0.341 e. The van der Waals surface area contributed by atoms with Gasteiger partial charge in [-0.1, -0.05) is 6.07 Å². The number of carbonyl (C=O) groups excluding carboxylic acids is 1. The predicted octanol–water partition coefficient (Wildman–Crippen LogP) is 1.66. The monoisotopic (exact) mass is 260 g/mol. The maximum absolute atomic E-state index is 11.9. The molecule has 3 nitrogen and oxygen atoms in total. The van der Waals surface area contributed by atoms with Crippen molar-refractivity contribution < 1.29 is 4.79 Å². The number of nitrogens with two attached hydrogens (primary N) is 1. The molecule has 2 N–H and O–H groups in total. The first-order chi connectivity index (χ1) is 7.25. The maximum atomic E-state index is 11.9. The van der Waals surface area contributed by atoms with Gasteiger partial charge in [-0.25, -0.2) is 0 Å². The third-order valence-electron chi connectivity index (χ3n) is 2.72. The van der Waals surface area contributed by atoms with Crippen LogP contribution in [0.4, 0.5) is 0 Å². The quantitative estimate of drug-likeness (QED) is 0.879. The van der Waals surface area contributed by atoms with Crippen LogP contribution in [-0.2, 0) is 11.2 Å². The third kappa shape index (κ3) is 3.47. The van der Waals surface area contributed by atoms with Crippen molar-refractivity contribution in [2.45, 2.75) is 25.3 Å². The van der Waals surface area contributed by atoms with E-state index in [0.717, 1.165) is 30.8 Å². The largest absolute Gasteiger partial charge is 0.341 e. The van der Waals surface area contributed by atoms with Gasteiger partial charge in [0, 0.05) is 24.0 Å². The summed E-state index contributed by atoms with van der Waals surface area (Å²) in [6.07, 6.45) is 2.62. The number of nitrogens with zero attached hydrogens (tertiary/aromatic N) is 1. The Kier molecular flexibility index (Phi) is 5.25. The molecule has 0 aliphatic carbocycles. The molecule has 2 heterocycles. The van der Waals surface area contributed by atoms with E-state index in [2.05, 4.69) is 0 Å². The van der Waals surface area contributed by atoms with E-state index in [0.29, 0.717) is 6.42 Å². The van der Waals surface area contributed by atoms with Crippen molar-refractivity contribution >= 4 is 29.7 Å².